The first-order chi connectivity index (χ1) is 19.6. The van der Waals surface area contributed by atoms with Gasteiger partial charge in [0.25, 0.3) is 11.2 Å². The molecule has 41 heavy (non-hydrogen) atoms. The van der Waals surface area contributed by atoms with Crippen LogP contribution in [0, 0.1) is 10.1 Å². The highest BCUT2D eigenvalue weighted by molar-refractivity contribution is 9.10. The van der Waals surface area contributed by atoms with E-state index in [1.54, 1.807) is 26.0 Å². The molecule has 216 valence electrons. The second-order valence-corrected chi connectivity index (χ2v) is 10.4. The smallest absolute Gasteiger partial charge is 0.338 e. The summed E-state index contributed by atoms with van der Waals surface area (Å²) in [6.45, 7) is 3.45. The summed E-state index contributed by atoms with van der Waals surface area (Å²) in [5.74, 6) is 0.613. The summed E-state index contributed by atoms with van der Waals surface area (Å²) in [7, 11) is 5.75. The summed E-state index contributed by atoms with van der Waals surface area (Å²) >= 11 is 4.58. The number of benzene rings is 2. The van der Waals surface area contributed by atoms with Crippen molar-refractivity contribution in [3.63, 3.8) is 0 Å². The van der Waals surface area contributed by atoms with Gasteiger partial charge in [0.05, 0.1) is 73.4 Å². The van der Waals surface area contributed by atoms with E-state index in [1.165, 1.54) is 51.2 Å². The minimum absolute atomic E-state index is 0.114. The van der Waals surface area contributed by atoms with Crippen molar-refractivity contribution in [2.24, 2.45) is 4.99 Å². The summed E-state index contributed by atoms with van der Waals surface area (Å²) < 4.78 is 28.8. The van der Waals surface area contributed by atoms with E-state index < -0.39 is 22.5 Å². The molecule has 1 aliphatic heterocycles. The molecule has 0 saturated carbocycles. The molecular weight excluding hydrogens is 622 g/mol. The van der Waals surface area contributed by atoms with Crippen LogP contribution in [-0.2, 0) is 9.53 Å². The number of rotatable bonds is 9. The van der Waals surface area contributed by atoms with Crippen molar-refractivity contribution in [1.82, 2.24) is 4.57 Å². The predicted octanol–water partition coefficient (Wildman–Crippen LogP) is 3.50. The van der Waals surface area contributed by atoms with E-state index in [1.807, 2.05) is 0 Å². The van der Waals surface area contributed by atoms with Crippen LogP contribution in [0.15, 0.2) is 49.8 Å². The second kappa shape index (κ2) is 12.1. The SMILES string of the molecule is CCOC(=O)C1=C(C)N=c2s/c(=C\c3cc(OC)c(OC)cc3[N+](=O)[O-])c(=O)n2[C@H]1c1cc(OC)c(OC)cc1Br. The number of carbonyl (C=O) groups excluding carboxylic acids is 1. The molecular formula is C27H26BrN3O9S. The molecule has 4 rings (SSSR count). The Morgan fingerprint density at radius 1 is 1.07 bits per heavy atom. The number of methoxy groups -OCH3 is 4. The number of fused-ring (bicyclic) bond motifs is 1. The van der Waals surface area contributed by atoms with Gasteiger partial charge in [0.1, 0.15) is 0 Å². The van der Waals surface area contributed by atoms with Gasteiger partial charge in [-0.2, -0.15) is 0 Å². The fraction of sp³-hybridized carbons (Fsp3) is 0.296. The molecule has 0 amide bonds. The summed E-state index contributed by atoms with van der Waals surface area (Å²) in [5.41, 5.74) is 0.374. The zero-order chi connectivity index (χ0) is 30.0. The number of nitro groups is 1. The Balaban J connectivity index is 2.04. The van der Waals surface area contributed by atoms with E-state index in [-0.39, 0.29) is 39.5 Å². The molecule has 0 N–H and O–H groups in total. The van der Waals surface area contributed by atoms with Gasteiger partial charge >= 0.3 is 5.97 Å². The topological polar surface area (TPSA) is 141 Å². The molecule has 1 aromatic heterocycles. The first-order valence-corrected chi connectivity index (χ1v) is 13.7. The maximum atomic E-state index is 14.0. The number of thiazole rings is 1. The normalized spacial score (nSPS) is 14.7. The molecule has 0 saturated heterocycles. The van der Waals surface area contributed by atoms with Crippen molar-refractivity contribution < 1.29 is 33.4 Å². The highest BCUT2D eigenvalue weighted by Crippen LogP contribution is 2.41. The molecule has 0 unspecified atom stereocenters. The molecule has 0 spiro atoms. The summed E-state index contributed by atoms with van der Waals surface area (Å²) in [6, 6.07) is 5.04. The zero-order valence-corrected chi connectivity index (χ0v) is 25.4. The minimum Gasteiger partial charge on any atom is -0.493 e. The average molecular weight is 648 g/mol. The molecule has 3 aromatic rings. The van der Waals surface area contributed by atoms with Gasteiger partial charge in [-0.05, 0) is 43.7 Å². The van der Waals surface area contributed by atoms with Gasteiger partial charge in [0, 0.05) is 4.47 Å². The Morgan fingerprint density at radius 2 is 1.66 bits per heavy atom. The molecule has 14 heteroatoms. The Kier molecular flexibility index (Phi) is 8.83. The van der Waals surface area contributed by atoms with Crippen molar-refractivity contribution in [2.45, 2.75) is 19.9 Å². The van der Waals surface area contributed by atoms with Crippen molar-refractivity contribution in [1.29, 1.82) is 0 Å². The molecule has 12 nitrogen and oxygen atoms in total. The van der Waals surface area contributed by atoms with Crippen LogP contribution >= 0.6 is 27.3 Å². The highest BCUT2D eigenvalue weighted by atomic mass is 79.9. The highest BCUT2D eigenvalue weighted by Gasteiger charge is 2.35. The number of hydrogen-bond donors (Lipinski definition) is 0. The minimum atomic E-state index is -0.956. The lowest BCUT2D eigenvalue weighted by atomic mass is 9.95. The number of nitrogens with zero attached hydrogens (tertiary/aromatic N) is 3. The molecule has 0 aliphatic carbocycles. The van der Waals surface area contributed by atoms with Crippen molar-refractivity contribution in [3.05, 3.63) is 80.9 Å². The number of hydrogen-bond acceptors (Lipinski definition) is 11. The van der Waals surface area contributed by atoms with Crippen LogP contribution in [0.3, 0.4) is 0 Å². The van der Waals surface area contributed by atoms with Gasteiger partial charge in [0.2, 0.25) is 0 Å². The lowest BCUT2D eigenvalue weighted by Crippen LogP contribution is -2.40. The van der Waals surface area contributed by atoms with Crippen LogP contribution < -0.4 is 33.8 Å². The van der Waals surface area contributed by atoms with Crippen molar-refractivity contribution in [3.8, 4) is 23.0 Å². The molecule has 1 aliphatic rings. The fourth-order valence-electron chi connectivity index (χ4n) is 4.46. The van der Waals surface area contributed by atoms with Crippen LogP contribution in [0.1, 0.15) is 31.0 Å². The monoisotopic (exact) mass is 647 g/mol. The first kappa shape index (κ1) is 29.8. The number of ether oxygens (including phenoxy) is 5. The summed E-state index contributed by atoms with van der Waals surface area (Å²) in [6.07, 6.45) is 1.40. The number of aromatic nitrogens is 1. The van der Waals surface area contributed by atoms with E-state index >= 15 is 0 Å². The summed E-state index contributed by atoms with van der Waals surface area (Å²) in [4.78, 5) is 43.4. The van der Waals surface area contributed by atoms with Crippen molar-refractivity contribution >= 4 is 45.0 Å². The first-order valence-electron chi connectivity index (χ1n) is 12.1. The quantitative estimate of drug-likeness (QED) is 0.194. The van der Waals surface area contributed by atoms with Crippen LogP contribution in [0.5, 0.6) is 23.0 Å². The van der Waals surface area contributed by atoms with Crippen LogP contribution in [0.4, 0.5) is 5.69 Å². The van der Waals surface area contributed by atoms with E-state index in [0.717, 1.165) is 11.3 Å². The molecule has 0 radical (unpaired) electrons. The number of nitro benzene ring substituents is 1. The van der Waals surface area contributed by atoms with Crippen LogP contribution in [0.25, 0.3) is 6.08 Å². The lowest BCUT2D eigenvalue weighted by molar-refractivity contribution is -0.385. The maximum Gasteiger partial charge on any atom is 0.338 e. The maximum absolute atomic E-state index is 14.0. The van der Waals surface area contributed by atoms with Gasteiger partial charge in [-0.3, -0.25) is 19.5 Å². The largest absolute Gasteiger partial charge is 0.493 e. The standard InChI is InChI=1S/C27H26BrN3O9S/c1-7-40-26(33)23-13(2)29-27-30(24(23)15-10-19(37-4)20(38-5)11-16(15)28)25(32)22(41-27)9-14-8-18(36-3)21(39-6)12-17(14)31(34)35/h8-12,24H,7H2,1-6H3/b22-9-/t24-/m0/s1. The predicted molar refractivity (Wildman–Crippen MR) is 154 cm³/mol. The van der Waals surface area contributed by atoms with E-state index in [4.69, 9.17) is 23.7 Å². The Hall–Kier alpha value is -4.17. The lowest BCUT2D eigenvalue weighted by Gasteiger charge is -2.26. The summed E-state index contributed by atoms with van der Waals surface area (Å²) in [5, 5.41) is 11.9. The van der Waals surface area contributed by atoms with Crippen molar-refractivity contribution in [2.75, 3.05) is 35.0 Å². The molecule has 2 heterocycles. The molecule has 2 aromatic carbocycles. The molecule has 1 atom stereocenters. The molecule has 0 bridgehead atoms. The number of allylic oxidation sites excluding steroid dienone is 1. The second-order valence-electron chi connectivity index (χ2n) is 8.55. The Bertz CT molecular complexity index is 1760. The third-order valence-corrected chi connectivity index (χ3v) is 8.00. The number of esters is 1. The molecule has 0 fully saturated rings. The van der Waals surface area contributed by atoms with Gasteiger partial charge < -0.3 is 23.7 Å². The van der Waals surface area contributed by atoms with Gasteiger partial charge in [-0.15, -0.1) is 0 Å². The van der Waals surface area contributed by atoms with Crippen LogP contribution in [-0.4, -0.2) is 50.5 Å². The number of carbonyl (C=O) groups is 1. The zero-order valence-electron chi connectivity index (χ0n) is 23.0. The van der Waals surface area contributed by atoms with Gasteiger partial charge in [0.15, 0.2) is 27.8 Å². The fourth-order valence-corrected chi connectivity index (χ4v) is 6.04. The third-order valence-electron chi connectivity index (χ3n) is 6.33. The van der Waals surface area contributed by atoms with E-state index in [2.05, 4.69) is 20.9 Å². The Labute approximate surface area is 246 Å². The van der Waals surface area contributed by atoms with E-state index in [0.29, 0.717) is 32.0 Å². The van der Waals surface area contributed by atoms with Crippen LogP contribution in [0.2, 0.25) is 0 Å². The number of halogens is 1. The van der Waals surface area contributed by atoms with E-state index in [9.17, 15) is 19.7 Å². The van der Waals surface area contributed by atoms with Gasteiger partial charge in [-0.1, -0.05) is 27.3 Å². The van der Waals surface area contributed by atoms with Gasteiger partial charge in [-0.25, -0.2) is 9.79 Å². The average Bonchev–Trinajstić information content (AvgIpc) is 3.25. The third kappa shape index (κ3) is 5.44. The Morgan fingerprint density at radius 3 is 2.24 bits per heavy atom.